The molecular weight excluding hydrogens is 300 g/mol. The number of carbonyl (C=O) groups is 1. The van der Waals surface area contributed by atoms with Crippen molar-refractivity contribution in [2.75, 3.05) is 13.2 Å². The molecule has 0 heterocycles. The van der Waals surface area contributed by atoms with E-state index >= 15 is 0 Å². The van der Waals surface area contributed by atoms with E-state index in [1.165, 1.54) is 13.0 Å². The first kappa shape index (κ1) is 21.3. The molecule has 0 saturated heterocycles. The number of esters is 1. The molecule has 2 atom stereocenters. The van der Waals surface area contributed by atoms with Crippen LogP contribution in [0.3, 0.4) is 0 Å². The number of carbonyl (C=O) groups excluding carboxylic acids is 1. The molecule has 0 bridgehead atoms. The molecule has 0 aromatic heterocycles. The van der Waals surface area contributed by atoms with E-state index in [4.69, 9.17) is 9.16 Å². The fourth-order valence-electron chi connectivity index (χ4n) is 1.47. The molecule has 0 aliphatic carbocycles. The molecule has 0 aliphatic rings. The molecule has 22 heavy (non-hydrogen) atoms. The van der Waals surface area contributed by atoms with Crippen molar-refractivity contribution >= 4 is 14.3 Å². The normalized spacial score (nSPS) is 17.3. The topological polar surface area (TPSA) is 76.0 Å². The van der Waals surface area contributed by atoms with Gasteiger partial charge in [-0.05, 0) is 44.5 Å². The lowest BCUT2D eigenvalue weighted by Crippen LogP contribution is -2.43. The molecule has 0 saturated carbocycles. The summed E-state index contributed by atoms with van der Waals surface area (Å²) in [6, 6.07) is 0. The van der Waals surface area contributed by atoms with Crippen molar-refractivity contribution in [3.8, 4) is 0 Å². The fourth-order valence-corrected chi connectivity index (χ4v) is 2.53. The summed E-state index contributed by atoms with van der Waals surface area (Å²) in [6.45, 7) is 14.5. The molecule has 0 unspecified atom stereocenters. The summed E-state index contributed by atoms with van der Waals surface area (Å²) in [5.41, 5.74) is -1.50. The number of aliphatic hydroxyl groups is 2. The Hall–Kier alpha value is -0.693. The van der Waals surface area contributed by atoms with Gasteiger partial charge in [-0.1, -0.05) is 20.8 Å². The highest BCUT2D eigenvalue weighted by molar-refractivity contribution is 6.74. The fraction of sp³-hybridized carbons (Fsp3) is 0.812. The average molecular weight is 333 g/mol. The van der Waals surface area contributed by atoms with Crippen LogP contribution in [-0.4, -0.2) is 49.4 Å². The van der Waals surface area contributed by atoms with Gasteiger partial charge < -0.3 is 19.4 Å². The zero-order valence-electron chi connectivity index (χ0n) is 15.0. The molecule has 0 aromatic carbocycles. The standard InChI is InChI=1S/C16H32O5Si/c1-8-20-14(18)9-11-16(5,19)13(17)10-12-21-22(6,7)15(2,3)4/h9,11,13,17,19H,8,10,12H2,1-7H3/b11-9+/t13-,16-/m0/s1. The third kappa shape index (κ3) is 7.04. The number of hydrogen-bond acceptors (Lipinski definition) is 5. The lowest BCUT2D eigenvalue weighted by atomic mass is 9.96. The molecule has 5 nitrogen and oxygen atoms in total. The maximum atomic E-state index is 11.2. The Balaban J connectivity index is 4.47. The van der Waals surface area contributed by atoms with E-state index in [2.05, 4.69) is 33.9 Å². The highest BCUT2D eigenvalue weighted by atomic mass is 28.4. The van der Waals surface area contributed by atoms with Gasteiger partial charge in [-0.15, -0.1) is 0 Å². The highest BCUT2D eigenvalue weighted by Gasteiger charge is 2.37. The molecule has 6 heteroatoms. The van der Waals surface area contributed by atoms with E-state index < -0.39 is 26.0 Å². The summed E-state index contributed by atoms with van der Waals surface area (Å²) in [4.78, 5) is 11.2. The lowest BCUT2D eigenvalue weighted by molar-refractivity contribution is -0.137. The van der Waals surface area contributed by atoms with Gasteiger partial charge in [-0.25, -0.2) is 4.79 Å². The van der Waals surface area contributed by atoms with E-state index in [9.17, 15) is 15.0 Å². The Morgan fingerprint density at radius 2 is 1.82 bits per heavy atom. The smallest absolute Gasteiger partial charge is 0.330 e. The molecule has 130 valence electrons. The summed E-state index contributed by atoms with van der Waals surface area (Å²) in [6.07, 6.45) is 1.69. The van der Waals surface area contributed by atoms with Gasteiger partial charge in [0.15, 0.2) is 8.32 Å². The van der Waals surface area contributed by atoms with Crippen molar-refractivity contribution in [3.05, 3.63) is 12.2 Å². The van der Waals surface area contributed by atoms with Gasteiger partial charge in [-0.3, -0.25) is 0 Å². The molecule has 0 aromatic rings. The van der Waals surface area contributed by atoms with Crippen LogP contribution in [0.25, 0.3) is 0 Å². The van der Waals surface area contributed by atoms with Crippen LogP contribution in [-0.2, 0) is 14.0 Å². The largest absolute Gasteiger partial charge is 0.463 e. The van der Waals surface area contributed by atoms with E-state index in [-0.39, 0.29) is 11.6 Å². The summed E-state index contributed by atoms with van der Waals surface area (Å²) in [7, 11) is -1.86. The predicted molar refractivity (Wildman–Crippen MR) is 90.2 cm³/mol. The Morgan fingerprint density at radius 3 is 2.27 bits per heavy atom. The maximum Gasteiger partial charge on any atom is 0.330 e. The van der Waals surface area contributed by atoms with E-state index in [0.29, 0.717) is 13.0 Å². The SMILES string of the molecule is CCOC(=O)/C=C/[C@](C)(O)[C@@H](O)CCO[Si](C)(C)C(C)(C)C. The van der Waals surface area contributed by atoms with Gasteiger partial charge in [0, 0.05) is 12.7 Å². The maximum absolute atomic E-state index is 11.2. The Morgan fingerprint density at radius 1 is 1.27 bits per heavy atom. The summed E-state index contributed by atoms with van der Waals surface area (Å²) < 4.78 is 10.7. The highest BCUT2D eigenvalue weighted by Crippen LogP contribution is 2.36. The molecule has 2 N–H and O–H groups in total. The minimum Gasteiger partial charge on any atom is -0.463 e. The third-order valence-corrected chi connectivity index (χ3v) is 8.72. The van der Waals surface area contributed by atoms with Crippen molar-refractivity contribution in [3.63, 3.8) is 0 Å². The quantitative estimate of drug-likeness (QED) is 0.406. The lowest BCUT2D eigenvalue weighted by Gasteiger charge is -2.37. The minimum absolute atomic E-state index is 0.101. The number of rotatable bonds is 8. The zero-order chi connectivity index (χ0) is 17.6. The average Bonchev–Trinajstić information content (AvgIpc) is 2.35. The minimum atomic E-state index is -1.86. The van der Waals surface area contributed by atoms with Crippen LogP contribution in [0.2, 0.25) is 18.1 Å². The Kier molecular flexibility index (Phi) is 7.98. The van der Waals surface area contributed by atoms with Gasteiger partial charge in [0.05, 0.1) is 12.7 Å². The van der Waals surface area contributed by atoms with Crippen LogP contribution >= 0.6 is 0 Å². The molecule has 0 fully saturated rings. The second-order valence-corrected chi connectivity index (χ2v) is 12.0. The van der Waals surface area contributed by atoms with Gasteiger partial charge >= 0.3 is 5.97 Å². The van der Waals surface area contributed by atoms with Crippen LogP contribution in [0.1, 0.15) is 41.0 Å². The summed E-state index contributed by atoms with van der Waals surface area (Å²) in [5, 5.41) is 20.4. The third-order valence-electron chi connectivity index (χ3n) is 4.18. The molecule has 0 spiro atoms. The second-order valence-electron chi connectivity index (χ2n) is 7.22. The van der Waals surface area contributed by atoms with Gasteiger partial charge in [-0.2, -0.15) is 0 Å². The van der Waals surface area contributed by atoms with Crippen LogP contribution in [0.15, 0.2) is 12.2 Å². The molecule has 0 amide bonds. The van der Waals surface area contributed by atoms with Crippen molar-refractivity contribution in [1.82, 2.24) is 0 Å². The first-order valence-corrected chi connectivity index (χ1v) is 10.6. The van der Waals surface area contributed by atoms with Crippen molar-refractivity contribution in [2.24, 2.45) is 0 Å². The van der Waals surface area contributed by atoms with Gasteiger partial charge in [0.25, 0.3) is 0 Å². The van der Waals surface area contributed by atoms with Gasteiger partial charge in [0.1, 0.15) is 5.60 Å². The summed E-state index contributed by atoms with van der Waals surface area (Å²) in [5.74, 6) is -0.535. The predicted octanol–water partition coefficient (Wildman–Crippen LogP) is 2.63. The molecule has 0 aliphatic heterocycles. The van der Waals surface area contributed by atoms with Crippen molar-refractivity contribution in [2.45, 2.75) is 70.9 Å². The first-order chi connectivity index (χ1) is 9.83. The molecular formula is C16H32O5Si. The van der Waals surface area contributed by atoms with Crippen LogP contribution in [0, 0.1) is 0 Å². The van der Waals surface area contributed by atoms with Crippen LogP contribution in [0.4, 0.5) is 0 Å². The van der Waals surface area contributed by atoms with E-state index in [1.807, 2.05) is 0 Å². The molecule has 0 rings (SSSR count). The summed E-state index contributed by atoms with van der Waals surface area (Å²) >= 11 is 0. The van der Waals surface area contributed by atoms with Crippen molar-refractivity contribution < 1.29 is 24.2 Å². The van der Waals surface area contributed by atoms with Crippen LogP contribution in [0.5, 0.6) is 0 Å². The second kappa shape index (κ2) is 8.24. The zero-order valence-corrected chi connectivity index (χ0v) is 16.0. The number of hydrogen-bond donors (Lipinski definition) is 2. The first-order valence-electron chi connectivity index (χ1n) is 7.74. The van der Waals surface area contributed by atoms with Crippen LogP contribution < -0.4 is 0 Å². The van der Waals surface area contributed by atoms with E-state index in [1.54, 1.807) is 6.92 Å². The molecule has 0 radical (unpaired) electrons. The Labute approximate surface area is 135 Å². The van der Waals surface area contributed by atoms with Crippen molar-refractivity contribution in [1.29, 1.82) is 0 Å². The van der Waals surface area contributed by atoms with E-state index in [0.717, 1.165) is 6.08 Å². The number of aliphatic hydroxyl groups excluding tert-OH is 1. The van der Waals surface area contributed by atoms with Gasteiger partial charge in [0.2, 0.25) is 0 Å². The Bertz CT molecular complexity index is 382. The monoisotopic (exact) mass is 332 g/mol. The number of ether oxygens (including phenoxy) is 1.